The van der Waals surface area contributed by atoms with Crippen LogP contribution in [0.4, 0.5) is 10.5 Å². The van der Waals surface area contributed by atoms with Crippen molar-refractivity contribution < 1.29 is 19.4 Å². The Bertz CT molecular complexity index is 1390. The number of halogens is 2. The van der Waals surface area contributed by atoms with Gasteiger partial charge in [0.25, 0.3) is 5.91 Å². The molecular formula is C23H22Cl2N6O4. The first-order chi connectivity index (χ1) is 16.8. The number of carbonyl (C=O) groups is 2. The quantitative estimate of drug-likeness (QED) is 0.506. The summed E-state index contributed by atoms with van der Waals surface area (Å²) >= 11 is 13.1. The van der Waals surface area contributed by atoms with Gasteiger partial charge in [-0.25, -0.2) is 9.48 Å². The van der Waals surface area contributed by atoms with Gasteiger partial charge in [0.15, 0.2) is 0 Å². The molecule has 2 aliphatic rings. The zero-order valence-electron chi connectivity index (χ0n) is 18.9. The number of nitriles is 1. The molecule has 0 aliphatic carbocycles. The van der Waals surface area contributed by atoms with E-state index in [1.807, 2.05) is 6.07 Å². The number of carbonyl (C=O) groups excluding carboxylic acids is 1. The normalized spacial score (nSPS) is 17.9. The molecule has 0 saturated carbocycles. The lowest BCUT2D eigenvalue weighted by molar-refractivity contribution is -0.0394. The Balaban J connectivity index is 1.83. The highest BCUT2D eigenvalue weighted by atomic mass is 35.5. The van der Waals surface area contributed by atoms with Crippen LogP contribution < -0.4 is 4.90 Å². The fourth-order valence-corrected chi connectivity index (χ4v) is 5.26. The van der Waals surface area contributed by atoms with Crippen LogP contribution in [0.5, 0.6) is 0 Å². The van der Waals surface area contributed by atoms with Gasteiger partial charge < -0.3 is 19.3 Å². The van der Waals surface area contributed by atoms with Gasteiger partial charge >= 0.3 is 6.09 Å². The predicted octanol–water partition coefficient (Wildman–Crippen LogP) is 4.60. The standard InChI is InChI=1S/C23H22Cl2N6O4/c1-28-7-8-30-20-18(15(10-14(24)19(20)25)29(6-5-26)23(33)34)17(21(30)22(28)32)13-11-27-31(12-13)16-4-2-3-9-35-16/h10-12,16H,2-4,6-9H2,1H3,(H,33,34). The topological polar surface area (TPSA) is 117 Å². The number of carboxylic acid groups (broad SMARTS) is 1. The maximum absolute atomic E-state index is 13.4. The lowest BCUT2D eigenvalue weighted by Crippen LogP contribution is -2.37. The number of hydrogen-bond acceptors (Lipinski definition) is 5. The van der Waals surface area contributed by atoms with Crippen LogP contribution in [0.1, 0.15) is 36.0 Å². The van der Waals surface area contributed by atoms with Gasteiger partial charge in [-0.15, -0.1) is 0 Å². The molecule has 1 aromatic carbocycles. The molecule has 2 amide bonds. The van der Waals surface area contributed by atoms with Gasteiger partial charge in [-0.05, 0) is 25.3 Å². The van der Waals surface area contributed by atoms with E-state index < -0.39 is 12.6 Å². The summed E-state index contributed by atoms with van der Waals surface area (Å²) in [6.07, 6.45) is 4.73. The van der Waals surface area contributed by atoms with Gasteiger partial charge in [0.05, 0.1) is 33.5 Å². The predicted molar refractivity (Wildman–Crippen MR) is 130 cm³/mol. The molecule has 0 radical (unpaired) electrons. The van der Waals surface area contributed by atoms with E-state index in [9.17, 15) is 20.0 Å². The van der Waals surface area contributed by atoms with Gasteiger partial charge in [-0.2, -0.15) is 10.4 Å². The molecule has 1 atom stereocenters. The van der Waals surface area contributed by atoms with Crippen LogP contribution in [0.25, 0.3) is 22.0 Å². The molecule has 2 aromatic heterocycles. The third kappa shape index (κ3) is 3.80. The van der Waals surface area contributed by atoms with E-state index in [0.29, 0.717) is 47.4 Å². The zero-order valence-corrected chi connectivity index (χ0v) is 20.4. The van der Waals surface area contributed by atoms with Crippen molar-refractivity contribution in [3.63, 3.8) is 0 Å². The summed E-state index contributed by atoms with van der Waals surface area (Å²) < 4.78 is 9.36. The Morgan fingerprint density at radius 3 is 2.86 bits per heavy atom. The number of ether oxygens (including phenoxy) is 1. The summed E-state index contributed by atoms with van der Waals surface area (Å²) in [6.45, 7) is 1.11. The van der Waals surface area contributed by atoms with E-state index in [4.69, 9.17) is 27.9 Å². The molecule has 1 unspecified atom stereocenters. The fourth-order valence-electron chi connectivity index (χ4n) is 4.82. The molecule has 1 N–H and O–H groups in total. The average molecular weight is 517 g/mol. The number of amides is 2. The van der Waals surface area contributed by atoms with E-state index in [-0.39, 0.29) is 27.9 Å². The number of nitrogens with zero attached hydrogens (tertiary/aromatic N) is 6. The Hall–Kier alpha value is -3.26. The average Bonchev–Trinajstić information content (AvgIpc) is 3.46. The number of benzene rings is 1. The smallest absolute Gasteiger partial charge is 0.412 e. The van der Waals surface area contributed by atoms with Crippen LogP contribution in [0.15, 0.2) is 18.5 Å². The van der Waals surface area contributed by atoms with E-state index >= 15 is 0 Å². The van der Waals surface area contributed by atoms with E-state index in [0.717, 1.165) is 24.2 Å². The van der Waals surface area contributed by atoms with Crippen molar-refractivity contribution in [2.75, 3.05) is 31.6 Å². The van der Waals surface area contributed by atoms with Crippen molar-refractivity contribution in [1.82, 2.24) is 19.2 Å². The molecular weight excluding hydrogens is 495 g/mol. The number of anilines is 1. The first-order valence-corrected chi connectivity index (χ1v) is 11.9. The molecule has 10 nitrogen and oxygen atoms in total. The van der Waals surface area contributed by atoms with Crippen molar-refractivity contribution in [1.29, 1.82) is 5.26 Å². The molecule has 0 spiro atoms. The first kappa shape index (κ1) is 23.5. The lowest BCUT2D eigenvalue weighted by atomic mass is 10.0. The van der Waals surface area contributed by atoms with Gasteiger partial charge in [0, 0.05) is 49.5 Å². The molecule has 182 valence electrons. The summed E-state index contributed by atoms with van der Waals surface area (Å²) in [5, 5.41) is 24.5. The Morgan fingerprint density at radius 1 is 1.37 bits per heavy atom. The molecule has 5 rings (SSSR count). The summed E-state index contributed by atoms with van der Waals surface area (Å²) in [6, 6.07) is 3.31. The molecule has 1 saturated heterocycles. The molecule has 3 aromatic rings. The van der Waals surface area contributed by atoms with Gasteiger partial charge in [0.1, 0.15) is 18.5 Å². The largest absolute Gasteiger partial charge is 0.465 e. The lowest BCUT2D eigenvalue weighted by Gasteiger charge is -2.26. The van der Waals surface area contributed by atoms with Gasteiger partial charge in [0.2, 0.25) is 0 Å². The van der Waals surface area contributed by atoms with E-state index in [2.05, 4.69) is 5.10 Å². The van der Waals surface area contributed by atoms with Gasteiger partial charge in [-0.3, -0.25) is 9.69 Å². The fraction of sp³-hybridized carbons (Fsp3) is 0.391. The minimum Gasteiger partial charge on any atom is -0.465 e. The number of aromatic nitrogens is 3. The Labute approximate surface area is 210 Å². The van der Waals surface area contributed by atoms with Crippen LogP contribution in [-0.4, -0.2) is 63.1 Å². The Kier molecular flexibility index (Phi) is 6.09. The van der Waals surface area contributed by atoms with E-state index in [1.54, 1.807) is 33.6 Å². The molecule has 2 aliphatic heterocycles. The van der Waals surface area contributed by atoms with Crippen molar-refractivity contribution in [3.05, 3.63) is 34.2 Å². The van der Waals surface area contributed by atoms with Gasteiger partial charge in [-0.1, -0.05) is 23.2 Å². The maximum Gasteiger partial charge on any atom is 0.412 e. The zero-order chi connectivity index (χ0) is 24.9. The number of likely N-dealkylation sites (N-methyl/N-ethyl adjacent to an activating group) is 1. The summed E-state index contributed by atoms with van der Waals surface area (Å²) in [5.74, 6) is -0.232. The summed E-state index contributed by atoms with van der Waals surface area (Å²) in [7, 11) is 1.71. The van der Waals surface area contributed by atoms with E-state index in [1.165, 1.54) is 6.07 Å². The minimum atomic E-state index is -1.32. The number of rotatable bonds is 4. The van der Waals surface area contributed by atoms with Crippen molar-refractivity contribution in [2.24, 2.45) is 0 Å². The molecule has 1 fully saturated rings. The summed E-state index contributed by atoms with van der Waals surface area (Å²) in [4.78, 5) is 28.1. The minimum absolute atomic E-state index is 0.128. The molecule has 35 heavy (non-hydrogen) atoms. The first-order valence-electron chi connectivity index (χ1n) is 11.2. The highest BCUT2D eigenvalue weighted by Gasteiger charge is 2.35. The highest BCUT2D eigenvalue weighted by molar-refractivity contribution is 6.46. The number of fused-ring (bicyclic) bond motifs is 3. The third-order valence-corrected chi connectivity index (χ3v) is 7.28. The SMILES string of the molecule is CN1CCn2c(c(-c3cnn(C4CCCCO4)c3)c3c(N(CC#N)C(=O)O)cc(Cl)c(Cl)c32)C1=O. The second kappa shape index (κ2) is 9.07. The second-order valence-corrected chi connectivity index (χ2v) is 9.36. The third-order valence-electron chi connectivity index (χ3n) is 6.50. The second-order valence-electron chi connectivity index (χ2n) is 8.57. The number of hydrogen-bond donors (Lipinski definition) is 1. The maximum atomic E-state index is 13.4. The van der Waals surface area contributed by atoms with Crippen molar-refractivity contribution in [2.45, 2.75) is 32.0 Å². The van der Waals surface area contributed by atoms with Crippen LogP contribution in [0.3, 0.4) is 0 Å². The monoisotopic (exact) mass is 516 g/mol. The highest BCUT2D eigenvalue weighted by Crippen LogP contribution is 2.47. The molecule has 4 heterocycles. The Morgan fingerprint density at radius 2 is 2.17 bits per heavy atom. The van der Waals surface area contributed by atoms with Crippen molar-refractivity contribution in [3.8, 4) is 17.2 Å². The van der Waals surface area contributed by atoms with Crippen LogP contribution in [-0.2, 0) is 11.3 Å². The summed E-state index contributed by atoms with van der Waals surface area (Å²) in [5.41, 5.74) is 2.11. The van der Waals surface area contributed by atoms with Crippen LogP contribution in [0.2, 0.25) is 10.0 Å². The molecule has 0 bridgehead atoms. The van der Waals surface area contributed by atoms with Crippen LogP contribution >= 0.6 is 23.2 Å². The van der Waals surface area contributed by atoms with Crippen LogP contribution in [0, 0.1) is 11.3 Å². The molecule has 12 heteroatoms. The van der Waals surface area contributed by atoms with Crippen molar-refractivity contribution >= 4 is 51.8 Å².